The number of benzene rings is 3. The molecule has 3 aromatic rings. The van der Waals surface area contributed by atoms with Gasteiger partial charge in [-0.05, 0) is 42.0 Å². The van der Waals surface area contributed by atoms with E-state index in [0.717, 1.165) is 10.5 Å². The summed E-state index contributed by atoms with van der Waals surface area (Å²) in [6.45, 7) is -0.422. The molecule has 21 heavy (non-hydrogen) atoms. The highest BCUT2D eigenvalue weighted by Gasteiger charge is 2.28. The second kappa shape index (κ2) is 6.59. The predicted octanol–water partition coefficient (Wildman–Crippen LogP) is 5.25. The molecule has 0 saturated heterocycles. The van der Waals surface area contributed by atoms with Crippen LogP contribution in [0.5, 0.6) is 0 Å². The second-order valence-electron chi connectivity index (χ2n) is 4.71. The Hall–Kier alpha value is -2.06. The molecule has 2 heteroatoms. The molecule has 0 unspecified atom stereocenters. The summed E-state index contributed by atoms with van der Waals surface area (Å²) in [5.74, 6) is 0. The average Bonchev–Trinajstić information content (AvgIpc) is 2.57. The van der Waals surface area contributed by atoms with E-state index in [-0.39, 0.29) is 10.9 Å². The van der Waals surface area contributed by atoms with Gasteiger partial charge in [-0.15, -0.1) is 0 Å². The average molecular weight is 295 g/mol. The topological polar surface area (TPSA) is 0 Å². The van der Waals surface area contributed by atoms with Crippen LogP contribution in [0.2, 0.25) is 0 Å². The van der Waals surface area contributed by atoms with Crippen LogP contribution < -0.4 is 0 Å². The molecule has 0 atom stereocenters. The van der Waals surface area contributed by atoms with Crippen LogP contribution in [0.3, 0.4) is 0 Å². The summed E-state index contributed by atoms with van der Waals surface area (Å²) in [6, 6.07) is 28.6. The van der Waals surface area contributed by atoms with E-state index >= 15 is 0 Å². The Morgan fingerprint density at radius 2 is 1.14 bits per heavy atom. The Morgan fingerprint density at radius 3 is 1.67 bits per heavy atom. The van der Waals surface area contributed by atoms with Crippen molar-refractivity contribution >= 4 is 10.9 Å². The van der Waals surface area contributed by atoms with Gasteiger partial charge in [0.2, 0.25) is 0 Å². The van der Waals surface area contributed by atoms with Crippen molar-refractivity contribution in [1.29, 1.82) is 0 Å². The van der Waals surface area contributed by atoms with Crippen LogP contribution in [-0.2, 0) is 17.6 Å². The van der Waals surface area contributed by atoms with E-state index in [1.165, 1.54) is 9.79 Å². The molecule has 0 heterocycles. The maximum Gasteiger partial charge on any atom is 0.166 e. The first kappa shape index (κ1) is 13.9. The van der Waals surface area contributed by atoms with Gasteiger partial charge in [0, 0.05) is 0 Å². The third-order valence-corrected chi connectivity index (χ3v) is 5.46. The molecule has 0 aromatic heterocycles. The largest absolute Gasteiger partial charge is 0.246 e. The van der Waals surface area contributed by atoms with Gasteiger partial charge in [-0.1, -0.05) is 48.5 Å². The molecular weight excluding hydrogens is 279 g/mol. The molecule has 0 aliphatic heterocycles. The van der Waals surface area contributed by atoms with Crippen LogP contribution in [0.25, 0.3) is 0 Å². The van der Waals surface area contributed by atoms with Gasteiger partial charge in [-0.25, -0.2) is 4.39 Å². The molecule has 0 bridgehead atoms. The van der Waals surface area contributed by atoms with E-state index in [1.54, 1.807) is 0 Å². The van der Waals surface area contributed by atoms with Crippen LogP contribution in [0.1, 0.15) is 5.56 Å². The third-order valence-electron chi connectivity index (χ3n) is 3.25. The van der Waals surface area contributed by atoms with Gasteiger partial charge in [0.25, 0.3) is 0 Å². The summed E-state index contributed by atoms with van der Waals surface area (Å²) >= 11 is 0. The van der Waals surface area contributed by atoms with Crippen molar-refractivity contribution in [2.24, 2.45) is 0 Å². The maximum absolute atomic E-state index is 13.0. The van der Waals surface area contributed by atoms with Crippen LogP contribution in [0.4, 0.5) is 4.39 Å². The molecule has 0 nitrogen and oxygen atoms in total. The van der Waals surface area contributed by atoms with Gasteiger partial charge in [-0.3, -0.25) is 0 Å². The Morgan fingerprint density at radius 1 is 0.619 bits per heavy atom. The summed E-state index contributed by atoms with van der Waals surface area (Å²) in [5, 5.41) is 0. The monoisotopic (exact) mass is 295 g/mol. The molecule has 0 N–H and O–H groups in total. The van der Waals surface area contributed by atoms with E-state index < -0.39 is 6.67 Å². The molecule has 0 aliphatic rings. The molecule has 0 fully saturated rings. The summed E-state index contributed by atoms with van der Waals surface area (Å²) in [6.07, 6.45) is 0. The highest BCUT2D eigenvalue weighted by molar-refractivity contribution is 7.97. The van der Waals surface area contributed by atoms with Crippen molar-refractivity contribution < 1.29 is 4.39 Å². The lowest BCUT2D eigenvalue weighted by Gasteiger charge is -2.08. The Bertz CT molecular complexity index is 656. The lowest BCUT2D eigenvalue weighted by Crippen LogP contribution is -2.04. The fourth-order valence-electron chi connectivity index (χ4n) is 2.28. The van der Waals surface area contributed by atoms with Crippen LogP contribution in [-0.4, -0.2) is 0 Å². The van der Waals surface area contributed by atoms with Crippen molar-refractivity contribution in [2.45, 2.75) is 21.4 Å². The Balaban J connectivity index is 2.12. The minimum absolute atomic E-state index is 0.193. The van der Waals surface area contributed by atoms with Gasteiger partial charge in [-0.2, -0.15) is 0 Å². The van der Waals surface area contributed by atoms with E-state index in [1.807, 2.05) is 30.3 Å². The predicted molar refractivity (Wildman–Crippen MR) is 86.3 cm³/mol. The van der Waals surface area contributed by atoms with Gasteiger partial charge in [0.15, 0.2) is 14.7 Å². The van der Waals surface area contributed by atoms with Crippen LogP contribution in [0.15, 0.2) is 99.6 Å². The maximum atomic E-state index is 13.0. The molecule has 3 rings (SSSR count). The quantitative estimate of drug-likeness (QED) is 0.577. The minimum Gasteiger partial charge on any atom is -0.246 e. The fraction of sp³-hybridized carbons (Fsp3) is 0.0526. The van der Waals surface area contributed by atoms with Crippen LogP contribution in [0, 0.1) is 0 Å². The molecule has 104 valence electrons. The molecule has 0 radical (unpaired) electrons. The number of halogens is 1. The zero-order chi connectivity index (χ0) is 14.5. The lowest BCUT2D eigenvalue weighted by atomic mass is 10.2. The molecule has 0 saturated carbocycles. The minimum atomic E-state index is -0.422. The normalized spacial score (nSPS) is 10.8. The Labute approximate surface area is 127 Å². The zero-order valence-corrected chi connectivity index (χ0v) is 12.4. The fourth-order valence-corrected chi connectivity index (χ4v) is 4.44. The second-order valence-corrected chi connectivity index (χ2v) is 6.74. The summed E-state index contributed by atoms with van der Waals surface area (Å²) in [4.78, 5) is 3.65. The summed E-state index contributed by atoms with van der Waals surface area (Å²) < 4.78 is 13.0. The summed E-state index contributed by atoms with van der Waals surface area (Å²) in [5.41, 5.74) is 0.733. The van der Waals surface area contributed by atoms with Crippen LogP contribution >= 0.6 is 0 Å². The van der Waals surface area contributed by atoms with Crippen molar-refractivity contribution in [2.75, 3.05) is 0 Å². The van der Waals surface area contributed by atoms with Crippen molar-refractivity contribution in [3.05, 3.63) is 90.5 Å². The Kier molecular flexibility index (Phi) is 4.37. The number of hydrogen-bond acceptors (Lipinski definition) is 0. The van der Waals surface area contributed by atoms with Crippen molar-refractivity contribution in [1.82, 2.24) is 0 Å². The first-order valence-corrected chi connectivity index (χ1v) is 8.10. The van der Waals surface area contributed by atoms with Gasteiger partial charge >= 0.3 is 0 Å². The highest BCUT2D eigenvalue weighted by atomic mass is 32.2. The van der Waals surface area contributed by atoms with Gasteiger partial charge in [0.1, 0.15) is 6.67 Å². The smallest absolute Gasteiger partial charge is 0.166 e. The molecule has 3 aromatic carbocycles. The summed E-state index contributed by atoms with van der Waals surface area (Å²) in [7, 11) is -0.193. The number of hydrogen-bond donors (Lipinski definition) is 0. The molecule has 0 aliphatic carbocycles. The lowest BCUT2D eigenvalue weighted by molar-refractivity contribution is 0.484. The van der Waals surface area contributed by atoms with E-state index in [2.05, 4.69) is 54.6 Å². The van der Waals surface area contributed by atoms with Crippen molar-refractivity contribution in [3.8, 4) is 0 Å². The first-order valence-electron chi connectivity index (χ1n) is 6.88. The van der Waals surface area contributed by atoms with Crippen molar-refractivity contribution in [3.63, 3.8) is 0 Å². The first-order chi connectivity index (χ1) is 10.4. The van der Waals surface area contributed by atoms with E-state index in [4.69, 9.17) is 0 Å². The standard InChI is InChI=1S/C19H16FS/c20-15-16-8-7-13-19(14-16)21(17-9-3-1-4-10-17)18-11-5-2-6-12-18/h1-14H,15H2/q+1. The number of rotatable bonds is 4. The van der Waals surface area contributed by atoms with Gasteiger partial charge in [0.05, 0.1) is 10.9 Å². The molecular formula is C19H16FS+. The SMILES string of the molecule is FCc1cccc([S+](c2ccccc2)c2ccccc2)c1. The highest BCUT2D eigenvalue weighted by Crippen LogP contribution is 2.31. The number of alkyl halides is 1. The van der Waals surface area contributed by atoms with E-state index in [9.17, 15) is 4.39 Å². The third kappa shape index (κ3) is 3.17. The zero-order valence-electron chi connectivity index (χ0n) is 11.6. The molecule has 0 amide bonds. The van der Waals surface area contributed by atoms with Gasteiger partial charge < -0.3 is 0 Å². The van der Waals surface area contributed by atoms with E-state index in [0.29, 0.717) is 0 Å². The molecule has 0 spiro atoms.